The molecule has 3 rings (SSSR count). The second-order valence-corrected chi connectivity index (χ2v) is 7.08. The number of ether oxygens (including phenoxy) is 2. The van der Waals surface area contributed by atoms with Gasteiger partial charge in [0, 0.05) is 24.3 Å². The Morgan fingerprint density at radius 1 is 1.14 bits per heavy atom. The van der Waals surface area contributed by atoms with Crippen LogP contribution in [0.4, 0.5) is 11.4 Å². The highest BCUT2D eigenvalue weighted by molar-refractivity contribution is 6.00. The SMILES string of the molecule is COc1ccc(N2C[C@@H](C(=O)OCC(=O)Nc3ccc(C)cc3C)CC2=O)cc1. The molecule has 2 amide bonds. The molecule has 1 aliphatic rings. The minimum atomic E-state index is -0.599. The monoisotopic (exact) mass is 396 g/mol. The van der Waals surface area contributed by atoms with Gasteiger partial charge in [0.15, 0.2) is 6.61 Å². The first-order valence-corrected chi connectivity index (χ1v) is 9.35. The summed E-state index contributed by atoms with van der Waals surface area (Å²) in [5.41, 5.74) is 3.40. The Morgan fingerprint density at radius 2 is 1.86 bits per heavy atom. The Morgan fingerprint density at radius 3 is 2.52 bits per heavy atom. The summed E-state index contributed by atoms with van der Waals surface area (Å²) in [7, 11) is 1.57. The Hall–Kier alpha value is -3.35. The van der Waals surface area contributed by atoms with Crippen LogP contribution >= 0.6 is 0 Å². The predicted octanol–water partition coefficient (Wildman–Crippen LogP) is 2.85. The highest BCUT2D eigenvalue weighted by Gasteiger charge is 2.36. The fraction of sp³-hybridized carbons (Fsp3) is 0.318. The number of esters is 1. The molecule has 1 fully saturated rings. The van der Waals surface area contributed by atoms with Gasteiger partial charge in [0.2, 0.25) is 5.91 Å². The van der Waals surface area contributed by atoms with Crippen LogP contribution in [0, 0.1) is 19.8 Å². The molecule has 1 atom stereocenters. The number of carbonyl (C=O) groups is 3. The molecule has 7 nitrogen and oxygen atoms in total. The molecular weight excluding hydrogens is 372 g/mol. The smallest absolute Gasteiger partial charge is 0.311 e. The zero-order chi connectivity index (χ0) is 21.0. The van der Waals surface area contributed by atoms with E-state index in [1.165, 1.54) is 0 Å². The van der Waals surface area contributed by atoms with E-state index in [1.54, 1.807) is 36.3 Å². The highest BCUT2D eigenvalue weighted by Crippen LogP contribution is 2.27. The number of benzene rings is 2. The molecule has 1 aliphatic heterocycles. The van der Waals surface area contributed by atoms with E-state index in [-0.39, 0.29) is 25.5 Å². The predicted molar refractivity (Wildman–Crippen MR) is 109 cm³/mol. The third-order valence-electron chi connectivity index (χ3n) is 4.84. The van der Waals surface area contributed by atoms with Crippen molar-refractivity contribution in [2.45, 2.75) is 20.3 Å². The van der Waals surface area contributed by atoms with Crippen LogP contribution in [0.15, 0.2) is 42.5 Å². The number of methoxy groups -OCH3 is 1. The van der Waals surface area contributed by atoms with Crippen LogP contribution < -0.4 is 15.0 Å². The molecule has 0 aliphatic carbocycles. The normalized spacial score (nSPS) is 15.9. The van der Waals surface area contributed by atoms with E-state index >= 15 is 0 Å². The molecule has 29 heavy (non-hydrogen) atoms. The van der Waals surface area contributed by atoms with E-state index in [0.717, 1.165) is 11.1 Å². The lowest BCUT2D eigenvalue weighted by molar-refractivity contribution is -0.151. The lowest BCUT2D eigenvalue weighted by Gasteiger charge is -2.17. The number of hydrogen-bond donors (Lipinski definition) is 1. The summed E-state index contributed by atoms with van der Waals surface area (Å²) in [6.45, 7) is 3.70. The van der Waals surface area contributed by atoms with Gasteiger partial charge in [-0.1, -0.05) is 17.7 Å². The van der Waals surface area contributed by atoms with E-state index in [2.05, 4.69) is 5.32 Å². The first-order valence-electron chi connectivity index (χ1n) is 9.35. The van der Waals surface area contributed by atoms with E-state index in [4.69, 9.17) is 9.47 Å². The van der Waals surface area contributed by atoms with Crippen LogP contribution in [0.25, 0.3) is 0 Å². The van der Waals surface area contributed by atoms with Crippen LogP contribution in [0.1, 0.15) is 17.5 Å². The Labute approximate surface area is 169 Å². The standard InChI is InChI=1S/C22H24N2O5/c1-14-4-9-19(15(2)10-14)23-20(25)13-29-22(27)16-11-21(26)24(12-16)17-5-7-18(28-3)8-6-17/h4-10,16H,11-13H2,1-3H3,(H,23,25)/t16-/m0/s1. The fourth-order valence-electron chi connectivity index (χ4n) is 3.27. The third kappa shape index (κ3) is 4.93. The van der Waals surface area contributed by atoms with Crippen LogP contribution in [-0.4, -0.2) is 38.0 Å². The number of nitrogens with zero attached hydrogens (tertiary/aromatic N) is 1. The molecule has 2 aromatic rings. The lowest BCUT2D eigenvalue weighted by atomic mass is 10.1. The fourth-order valence-corrected chi connectivity index (χ4v) is 3.27. The van der Waals surface area contributed by atoms with Crippen molar-refractivity contribution < 1.29 is 23.9 Å². The first kappa shape index (κ1) is 20.4. The van der Waals surface area contributed by atoms with Gasteiger partial charge < -0.3 is 19.7 Å². The van der Waals surface area contributed by atoms with E-state index < -0.39 is 17.8 Å². The van der Waals surface area contributed by atoms with Crippen molar-refractivity contribution in [3.05, 3.63) is 53.6 Å². The van der Waals surface area contributed by atoms with Crippen LogP contribution in [0.3, 0.4) is 0 Å². The second-order valence-electron chi connectivity index (χ2n) is 7.08. The van der Waals surface area contributed by atoms with Crippen molar-refractivity contribution in [1.82, 2.24) is 0 Å². The van der Waals surface area contributed by atoms with Gasteiger partial charge in [0.1, 0.15) is 5.75 Å². The highest BCUT2D eigenvalue weighted by atomic mass is 16.5. The van der Waals surface area contributed by atoms with Gasteiger partial charge in [0.05, 0.1) is 13.0 Å². The van der Waals surface area contributed by atoms with Crippen LogP contribution in [-0.2, 0) is 19.1 Å². The van der Waals surface area contributed by atoms with Gasteiger partial charge in [-0.05, 0) is 49.7 Å². The minimum Gasteiger partial charge on any atom is -0.497 e. The lowest BCUT2D eigenvalue weighted by Crippen LogP contribution is -2.28. The third-order valence-corrected chi connectivity index (χ3v) is 4.84. The van der Waals surface area contributed by atoms with Crippen LogP contribution in [0.5, 0.6) is 5.75 Å². The van der Waals surface area contributed by atoms with Gasteiger partial charge in [-0.3, -0.25) is 14.4 Å². The van der Waals surface area contributed by atoms with E-state index in [9.17, 15) is 14.4 Å². The van der Waals surface area contributed by atoms with Crippen molar-refractivity contribution >= 4 is 29.2 Å². The summed E-state index contributed by atoms with van der Waals surface area (Å²) in [5, 5.41) is 2.73. The number of nitrogens with one attached hydrogen (secondary N) is 1. The molecule has 0 bridgehead atoms. The molecule has 0 spiro atoms. The van der Waals surface area contributed by atoms with Crippen molar-refractivity contribution in [3.8, 4) is 5.75 Å². The maximum Gasteiger partial charge on any atom is 0.311 e. The summed E-state index contributed by atoms with van der Waals surface area (Å²) < 4.78 is 10.3. The topological polar surface area (TPSA) is 84.9 Å². The zero-order valence-electron chi connectivity index (χ0n) is 16.7. The molecular formula is C22H24N2O5. The number of anilines is 2. The number of amides is 2. The van der Waals surface area contributed by atoms with Gasteiger partial charge in [0.25, 0.3) is 5.91 Å². The Bertz CT molecular complexity index is 923. The summed E-state index contributed by atoms with van der Waals surface area (Å²) >= 11 is 0. The summed E-state index contributed by atoms with van der Waals surface area (Å²) in [5.74, 6) is -1.03. The molecule has 2 aromatic carbocycles. The number of hydrogen-bond acceptors (Lipinski definition) is 5. The van der Waals surface area contributed by atoms with E-state index in [0.29, 0.717) is 17.1 Å². The molecule has 0 saturated carbocycles. The number of rotatable bonds is 6. The minimum absolute atomic E-state index is 0.0591. The summed E-state index contributed by atoms with van der Waals surface area (Å²) in [6.07, 6.45) is 0.0591. The molecule has 1 N–H and O–H groups in total. The zero-order valence-corrected chi connectivity index (χ0v) is 16.7. The van der Waals surface area contributed by atoms with Gasteiger partial charge in [-0.25, -0.2) is 0 Å². The maximum absolute atomic E-state index is 12.3. The molecule has 1 saturated heterocycles. The van der Waals surface area contributed by atoms with Crippen LogP contribution in [0.2, 0.25) is 0 Å². The van der Waals surface area contributed by atoms with Gasteiger partial charge in [-0.15, -0.1) is 0 Å². The number of aryl methyl sites for hydroxylation is 2. The molecule has 0 unspecified atom stereocenters. The molecule has 152 valence electrons. The van der Waals surface area contributed by atoms with Crippen molar-refractivity contribution in [2.24, 2.45) is 5.92 Å². The largest absolute Gasteiger partial charge is 0.497 e. The Balaban J connectivity index is 1.52. The maximum atomic E-state index is 12.3. The summed E-state index contributed by atoms with van der Waals surface area (Å²) in [6, 6.07) is 12.7. The summed E-state index contributed by atoms with van der Waals surface area (Å²) in [4.78, 5) is 38.3. The van der Waals surface area contributed by atoms with Gasteiger partial charge >= 0.3 is 5.97 Å². The van der Waals surface area contributed by atoms with Crippen molar-refractivity contribution in [1.29, 1.82) is 0 Å². The van der Waals surface area contributed by atoms with E-state index in [1.807, 2.05) is 32.0 Å². The average molecular weight is 396 g/mol. The van der Waals surface area contributed by atoms with Gasteiger partial charge in [-0.2, -0.15) is 0 Å². The number of carbonyl (C=O) groups excluding carboxylic acids is 3. The molecule has 1 heterocycles. The second kappa shape index (κ2) is 8.77. The van der Waals surface area contributed by atoms with Crippen molar-refractivity contribution in [3.63, 3.8) is 0 Å². The molecule has 7 heteroatoms. The van der Waals surface area contributed by atoms with Crippen molar-refractivity contribution in [2.75, 3.05) is 30.5 Å². The quantitative estimate of drug-likeness (QED) is 0.759. The first-order chi connectivity index (χ1) is 13.9. The average Bonchev–Trinajstić information content (AvgIpc) is 3.10. The Kier molecular flexibility index (Phi) is 6.16. The molecule has 0 radical (unpaired) electrons. The molecule has 0 aromatic heterocycles.